The molecule has 0 fully saturated rings. The number of nitrogens with zero attached hydrogens (tertiary/aromatic N) is 1. The Bertz CT molecular complexity index is 842. The maximum Gasteiger partial charge on any atom is 0.325 e. The summed E-state index contributed by atoms with van der Waals surface area (Å²) < 4.78 is 6.45. The quantitative estimate of drug-likeness (QED) is 0.327. The third kappa shape index (κ3) is 3.53. The SMILES string of the molecule is CC(C)(C)[Si](C)(C)Oc1ccc2c(c1)CCc1ccccc1N2C(=O)Cl. The molecule has 0 saturated heterocycles. The zero-order chi connectivity index (χ0) is 19.1. The van der Waals surface area contributed by atoms with Gasteiger partial charge in [0.15, 0.2) is 0 Å². The van der Waals surface area contributed by atoms with Gasteiger partial charge in [-0.05, 0) is 78.0 Å². The molecule has 3 nitrogen and oxygen atoms in total. The molecule has 1 amide bonds. The second kappa shape index (κ2) is 6.75. The third-order valence-electron chi connectivity index (χ3n) is 5.54. The van der Waals surface area contributed by atoms with E-state index in [0.29, 0.717) is 0 Å². The summed E-state index contributed by atoms with van der Waals surface area (Å²) in [7, 11) is -1.91. The smallest absolute Gasteiger partial charge is 0.325 e. The highest BCUT2D eigenvalue weighted by molar-refractivity contribution is 6.74. The van der Waals surface area contributed by atoms with Crippen molar-refractivity contribution in [1.29, 1.82) is 0 Å². The second-order valence-corrected chi connectivity index (χ2v) is 13.4. The Hall–Kier alpha value is -1.78. The Morgan fingerprint density at radius 3 is 2.31 bits per heavy atom. The molecular formula is C21H26ClNO2Si. The van der Waals surface area contributed by atoms with Gasteiger partial charge in [-0.3, -0.25) is 9.69 Å². The van der Waals surface area contributed by atoms with Gasteiger partial charge in [-0.25, -0.2) is 0 Å². The van der Waals surface area contributed by atoms with E-state index in [1.807, 2.05) is 30.3 Å². The van der Waals surface area contributed by atoms with E-state index < -0.39 is 13.7 Å². The highest BCUT2D eigenvalue weighted by Crippen LogP contribution is 2.41. The summed E-state index contributed by atoms with van der Waals surface area (Å²) in [5.41, 5.74) is 3.93. The first-order chi connectivity index (χ1) is 12.1. The fraction of sp³-hybridized carbons (Fsp3) is 0.381. The molecule has 0 saturated carbocycles. The monoisotopic (exact) mass is 387 g/mol. The number of carbonyl (C=O) groups is 1. The van der Waals surface area contributed by atoms with Crippen LogP contribution in [-0.4, -0.2) is 13.7 Å². The summed E-state index contributed by atoms with van der Waals surface area (Å²) in [5, 5.41) is -0.354. The van der Waals surface area contributed by atoms with Crippen molar-refractivity contribution in [2.75, 3.05) is 4.90 Å². The number of aryl methyl sites for hydroxylation is 2. The van der Waals surface area contributed by atoms with Gasteiger partial charge in [0, 0.05) is 0 Å². The summed E-state index contributed by atoms with van der Waals surface area (Å²) in [6.45, 7) is 11.2. The Morgan fingerprint density at radius 1 is 1.04 bits per heavy atom. The minimum atomic E-state index is -1.91. The first-order valence-electron chi connectivity index (χ1n) is 8.99. The molecule has 2 aromatic rings. The van der Waals surface area contributed by atoms with Gasteiger partial charge in [0.2, 0.25) is 8.32 Å². The van der Waals surface area contributed by atoms with Crippen LogP contribution in [-0.2, 0) is 12.8 Å². The number of carbonyl (C=O) groups excluding carboxylic acids is 1. The molecule has 2 aromatic carbocycles. The van der Waals surface area contributed by atoms with Gasteiger partial charge in [0.1, 0.15) is 5.75 Å². The molecule has 0 unspecified atom stereocenters. The maximum absolute atomic E-state index is 12.2. The highest BCUT2D eigenvalue weighted by Gasteiger charge is 2.39. The Labute approximate surface area is 162 Å². The van der Waals surface area contributed by atoms with E-state index in [1.54, 1.807) is 4.90 Å². The van der Waals surface area contributed by atoms with Crippen molar-refractivity contribution in [3.63, 3.8) is 0 Å². The average molecular weight is 388 g/mol. The van der Waals surface area contributed by atoms with Crippen LogP contribution in [0.25, 0.3) is 0 Å². The van der Waals surface area contributed by atoms with Gasteiger partial charge in [0.25, 0.3) is 0 Å². The van der Waals surface area contributed by atoms with Crippen molar-refractivity contribution < 1.29 is 9.22 Å². The molecule has 1 aliphatic heterocycles. The largest absolute Gasteiger partial charge is 0.543 e. The number of fused-ring (bicyclic) bond motifs is 2. The van der Waals surface area contributed by atoms with Gasteiger partial charge in [0.05, 0.1) is 11.4 Å². The molecule has 3 rings (SSSR count). The van der Waals surface area contributed by atoms with Crippen molar-refractivity contribution in [3.8, 4) is 5.75 Å². The minimum Gasteiger partial charge on any atom is -0.543 e. The van der Waals surface area contributed by atoms with Crippen molar-refractivity contribution in [3.05, 3.63) is 53.6 Å². The van der Waals surface area contributed by atoms with Crippen LogP contribution >= 0.6 is 11.6 Å². The number of halogens is 1. The zero-order valence-corrected chi connectivity index (χ0v) is 17.9. The number of anilines is 2. The van der Waals surface area contributed by atoms with Crippen molar-refractivity contribution in [2.45, 2.75) is 51.7 Å². The fourth-order valence-electron chi connectivity index (χ4n) is 3.02. The molecule has 0 radical (unpaired) electrons. The van der Waals surface area contributed by atoms with Gasteiger partial charge < -0.3 is 4.43 Å². The molecule has 0 spiro atoms. The topological polar surface area (TPSA) is 29.5 Å². The number of rotatable bonds is 2. The van der Waals surface area contributed by atoms with E-state index >= 15 is 0 Å². The third-order valence-corrected chi connectivity index (χ3v) is 10.1. The first kappa shape index (κ1) is 19.0. The lowest BCUT2D eigenvalue weighted by Crippen LogP contribution is -2.43. The molecule has 0 bridgehead atoms. The molecule has 0 aromatic heterocycles. The van der Waals surface area contributed by atoms with Gasteiger partial charge in [-0.15, -0.1) is 0 Å². The van der Waals surface area contributed by atoms with Gasteiger partial charge in [-0.2, -0.15) is 0 Å². The van der Waals surface area contributed by atoms with Crippen LogP contribution in [0, 0.1) is 0 Å². The Balaban J connectivity index is 2.02. The van der Waals surface area contributed by atoms with E-state index in [0.717, 1.165) is 41.1 Å². The summed E-state index contributed by atoms with van der Waals surface area (Å²) in [5.74, 6) is 0.878. The van der Waals surface area contributed by atoms with Crippen LogP contribution in [0.1, 0.15) is 31.9 Å². The standard InChI is InChI=1S/C21H26ClNO2Si/c1-21(2,3)26(4,5)25-17-12-13-19-16(14-17)11-10-15-8-6-7-9-18(15)23(19)20(22)24/h6-9,12-14H,10-11H2,1-5H3. The van der Waals surface area contributed by atoms with Crippen LogP contribution in [0.15, 0.2) is 42.5 Å². The predicted molar refractivity (Wildman–Crippen MR) is 112 cm³/mol. The summed E-state index contributed by atoms with van der Waals surface area (Å²) >= 11 is 5.95. The van der Waals surface area contributed by atoms with E-state index in [4.69, 9.17) is 16.0 Å². The highest BCUT2D eigenvalue weighted by atomic mass is 35.5. The molecule has 1 heterocycles. The van der Waals surface area contributed by atoms with Gasteiger partial charge in [-0.1, -0.05) is 39.0 Å². The van der Waals surface area contributed by atoms with Crippen LogP contribution < -0.4 is 9.33 Å². The lowest BCUT2D eigenvalue weighted by molar-refractivity contribution is 0.266. The summed E-state index contributed by atoms with van der Waals surface area (Å²) in [4.78, 5) is 13.8. The van der Waals surface area contributed by atoms with Gasteiger partial charge >= 0.3 is 5.37 Å². The Kier molecular flexibility index (Phi) is 4.93. The number of hydrogen-bond donors (Lipinski definition) is 0. The maximum atomic E-state index is 12.2. The first-order valence-corrected chi connectivity index (χ1v) is 12.3. The molecule has 5 heteroatoms. The van der Waals surface area contributed by atoms with Crippen molar-refractivity contribution in [2.24, 2.45) is 0 Å². The lowest BCUT2D eigenvalue weighted by Gasteiger charge is -2.36. The number of para-hydroxylation sites is 1. The molecule has 1 aliphatic rings. The molecule has 0 N–H and O–H groups in total. The molecule has 26 heavy (non-hydrogen) atoms. The van der Waals surface area contributed by atoms with E-state index in [-0.39, 0.29) is 5.04 Å². The fourth-order valence-corrected chi connectivity index (χ4v) is 4.22. The van der Waals surface area contributed by atoms with Crippen LogP contribution in [0.4, 0.5) is 16.2 Å². The summed E-state index contributed by atoms with van der Waals surface area (Å²) in [6.07, 6.45) is 1.72. The molecule has 0 atom stereocenters. The average Bonchev–Trinajstić information content (AvgIpc) is 2.70. The lowest BCUT2D eigenvalue weighted by atomic mass is 10.0. The van der Waals surface area contributed by atoms with E-state index in [9.17, 15) is 4.79 Å². The molecule has 138 valence electrons. The van der Waals surface area contributed by atoms with E-state index in [1.165, 1.54) is 0 Å². The number of hydrogen-bond acceptors (Lipinski definition) is 2. The van der Waals surface area contributed by atoms with Crippen LogP contribution in [0.5, 0.6) is 5.75 Å². The number of benzene rings is 2. The van der Waals surface area contributed by atoms with E-state index in [2.05, 4.69) is 46.0 Å². The van der Waals surface area contributed by atoms with Crippen LogP contribution in [0.3, 0.4) is 0 Å². The number of amides is 1. The normalized spacial score (nSPS) is 14.3. The zero-order valence-electron chi connectivity index (χ0n) is 16.1. The summed E-state index contributed by atoms with van der Waals surface area (Å²) in [6, 6.07) is 13.9. The predicted octanol–water partition coefficient (Wildman–Crippen LogP) is 6.67. The molecular weight excluding hydrogens is 362 g/mol. The van der Waals surface area contributed by atoms with Crippen LogP contribution in [0.2, 0.25) is 18.1 Å². The minimum absolute atomic E-state index is 0.133. The molecule has 0 aliphatic carbocycles. The Morgan fingerprint density at radius 2 is 1.65 bits per heavy atom. The van der Waals surface area contributed by atoms with Crippen molar-refractivity contribution >= 4 is 36.7 Å². The van der Waals surface area contributed by atoms with Crippen molar-refractivity contribution in [1.82, 2.24) is 0 Å². The second-order valence-electron chi connectivity index (χ2n) is 8.37.